The summed E-state index contributed by atoms with van der Waals surface area (Å²) in [5.74, 6) is -0.0791. The molecule has 0 saturated carbocycles. The summed E-state index contributed by atoms with van der Waals surface area (Å²) in [6, 6.07) is 12.3. The maximum atomic E-state index is 12.5. The number of fused-ring (bicyclic) bond motifs is 1. The molecule has 2 amide bonds. The van der Waals surface area contributed by atoms with Crippen molar-refractivity contribution in [1.29, 1.82) is 0 Å². The standard InChI is InChI=1S/C16H12INO3/c1-2-21-14-8-7-10(17)9-13(14)18-15(19)11-5-3-4-6-12(11)16(18)20/h3-9H,2H2,1H3. The van der Waals surface area contributed by atoms with Gasteiger partial charge in [-0.3, -0.25) is 9.59 Å². The third-order valence-electron chi connectivity index (χ3n) is 3.26. The van der Waals surface area contributed by atoms with Gasteiger partial charge in [0.1, 0.15) is 5.75 Å². The highest BCUT2D eigenvalue weighted by molar-refractivity contribution is 14.1. The Labute approximate surface area is 135 Å². The van der Waals surface area contributed by atoms with Crippen molar-refractivity contribution >= 4 is 40.1 Å². The molecule has 0 fully saturated rings. The molecule has 1 aliphatic rings. The van der Waals surface area contributed by atoms with E-state index in [0.29, 0.717) is 29.2 Å². The smallest absolute Gasteiger partial charge is 0.266 e. The fourth-order valence-electron chi connectivity index (χ4n) is 2.35. The summed E-state index contributed by atoms with van der Waals surface area (Å²) in [6.45, 7) is 2.33. The van der Waals surface area contributed by atoms with Crippen LogP contribution in [0, 0.1) is 3.57 Å². The molecule has 1 heterocycles. The number of amides is 2. The molecule has 21 heavy (non-hydrogen) atoms. The molecule has 4 nitrogen and oxygen atoms in total. The predicted octanol–water partition coefficient (Wildman–Crippen LogP) is 3.49. The molecule has 0 N–H and O–H groups in total. The van der Waals surface area contributed by atoms with Gasteiger partial charge in [0.25, 0.3) is 11.8 Å². The Morgan fingerprint density at radius 2 is 1.67 bits per heavy atom. The first kappa shape index (κ1) is 14.1. The molecule has 0 saturated heterocycles. The zero-order valence-corrected chi connectivity index (χ0v) is 13.5. The summed E-state index contributed by atoms with van der Waals surface area (Å²) in [6.07, 6.45) is 0. The minimum absolute atomic E-state index is 0.307. The monoisotopic (exact) mass is 393 g/mol. The van der Waals surface area contributed by atoms with Gasteiger partial charge in [-0.05, 0) is 59.8 Å². The highest BCUT2D eigenvalue weighted by atomic mass is 127. The lowest BCUT2D eigenvalue weighted by Gasteiger charge is -2.18. The molecular weight excluding hydrogens is 381 g/mol. The van der Waals surface area contributed by atoms with Crippen molar-refractivity contribution in [3.63, 3.8) is 0 Å². The van der Waals surface area contributed by atoms with Crippen molar-refractivity contribution < 1.29 is 14.3 Å². The van der Waals surface area contributed by atoms with Gasteiger partial charge in [0.15, 0.2) is 0 Å². The second-order valence-corrected chi connectivity index (χ2v) is 5.78. The minimum atomic E-state index is -0.307. The Morgan fingerprint density at radius 1 is 1.05 bits per heavy atom. The van der Waals surface area contributed by atoms with Gasteiger partial charge in [0.2, 0.25) is 0 Å². The number of carbonyl (C=O) groups is 2. The van der Waals surface area contributed by atoms with Crippen LogP contribution in [0.2, 0.25) is 0 Å². The van der Waals surface area contributed by atoms with Crippen LogP contribution < -0.4 is 9.64 Å². The predicted molar refractivity (Wildman–Crippen MR) is 87.9 cm³/mol. The molecule has 106 valence electrons. The SMILES string of the molecule is CCOc1ccc(I)cc1N1C(=O)c2ccccc2C1=O. The number of carbonyl (C=O) groups excluding carboxylic acids is 2. The fraction of sp³-hybridized carbons (Fsp3) is 0.125. The summed E-state index contributed by atoms with van der Waals surface area (Å²) < 4.78 is 6.48. The summed E-state index contributed by atoms with van der Waals surface area (Å²) in [7, 11) is 0. The average molecular weight is 393 g/mol. The third-order valence-corrected chi connectivity index (χ3v) is 3.93. The van der Waals surface area contributed by atoms with Crippen LogP contribution in [0.25, 0.3) is 0 Å². The van der Waals surface area contributed by atoms with Crippen molar-refractivity contribution in [3.8, 4) is 5.75 Å². The maximum Gasteiger partial charge on any atom is 0.266 e. The summed E-state index contributed by atoms with van der Waals surface area (Å²) in [5, 5.41) is 0. The van der Waals surface area contributed by atoms with E-state index < -0.39 is 0 Å². The molecule has 2 aromatic rings. The number of benzene rings is 2. The van der Waals surface area contributed by atoms with E-state index in [-0.39, 0.29) is 11.8 Å². The summed E-state index contributed by atoms with van der Waals surface area (Å²) in [5.41, 5.74) is 1.36. The minimum Gasteiger partial charge on any atom is -0.492 e. The molecule has 5 heteroatoms. The highest BCUT2D eigenvalue weighted by Crippen LogP contribution is 2.35. The Balaban J connectivity index is 2.13. The number of imide groups is 1. The number of halogens is 1. The van der Waals surface area contributed by atoms with Gasteiger partial charge in [-0.2, -0.15) is 0 Å². The number of nitrogens with zero attached hydrogens (tertiary/aromatic N) is 1. The van der Waals surface area contributed by atoms with E-state index in [4.69, 9.17) is 4.74 Å². The average Bonchev–Trinajstić information content (AvgIpc) is 2.74. The molecule has 0 atom stereocenters. The first-order valence-corrected chi connectivity index (χ1v) is 7.61. The summed E-state index contributed by atoms with van der Waals surface area (Å²) >= 11 is 2.15. The van der Waals surface area contributed by atoms with Crippen LogP contribution in [-0.4, -0.2) is 18.4 Å². The quantitative estimate of drug-likeness (QED) is 0.593. The fourth-order valence-corrected chi connectivity index (χ4v) is 2.83. The van der Waals surface area contributed by atoms with Crippen LogP contribution in [-0.2, 0) is 0 Å². The lowest BCUT2D eigenvalue weighted by Crippen LogP contribution is -2.30. The van der Waals surface area contributed by atoms with Gasteiger partial charge in [-0.1, -0.05) is 12.1 Å². The van der Waals surface area contributed by atoms with Crippen molar-refractivity contribution in [2.45, 2.75) is 6.92 Å². The number of ether oxygens (including phenoxy) is 1. The third kappa shape index (κ3) is 2.31. The van der Waals surface area contributed by atoms with E-state index in [9.17, 15) is 9.59 Å². The maximum absolute atomic E-state index is 12.5. The number of hydrogen-bond donors (Lipinski definition) is 0. The van der Waals surface area contributed by atoms with Crippen LogP contribution in [0.5, 0.6) is 5.75 Å². The number of rotatable bonds is 3. The number of hydrogen-bond acceptors (Lipinski definition) is 3. The van der Waals surface area contributed by atoms with Crippen LogP contribution in [0.3, 0.4) is 0 Å². The van der Waals surface area contributed by atoms with Crippen LogP contribution in [0.1, 0.15) is 27.6 Å². The topological polar surface area (TPSA) is 46.6 Å². The zero-order chi connectivity index (χ0) is 15.0. The van der Waals surface area contributed by atoms with Crippen molar-refractivity contribution in [2.75, 3.05) is 11.5 Å². The van der Waals surface area contributed by atoms with E-state index >= 15 is 0 Å². The Bertz CT molecular complexity index is 707. The van der Waals surface area contributed by atoms with Crippen LogP contribution in [0.4, 0.5) is 5.69 Å². The first-order chi connectivity index (χ1) is 10.1. The van der Waals surface area contributed by atoms with Gasteiger partial charge in [0, 0.05) is 3.57 Å². The van der Waals surface area contributed by atoms with E-state index in [2.05, 4.69) is 22.6 Å². The molecule has 2 aromatic carbocycles. The molecule has 0 spiro atoms. The number of anilines is 1. The lowest BCUT2D eigenvalue weighted by molar-refractivity contribution is 0.0925. The molecule has 3 rings (SSSR count). The Morgan fingerprint density at radius 3 is 2.24 bits per heavy atom. The second kappa shape index (κ2) is 5.48. The van der Waals surface area contributed by atoms with Crippen LogP contribution in [0.15, 0.2) is 42.5 Å². The van der Waals surface area contributed by atoms with E-state index in [1.165, 1.54) is 4.90 Å². The largest absolute Gasteiger partial charge is 0.492 e. The van der Waals surface area contributed by atoms with Gasteiger partial charge < -0.3 is 4.74 Å². The van der Waals surface area contributed by atoms with E-state index in [1.54, 1.807) is 36.4 Å². The molecular formula is C16H12INO3. The molecule has 0 aromatic heterocycles. The molecule has 1 aliphatic heterocycles. The normalized spacial score (nSPS) is 13.5. The molecule has 0 aliphatic carbocycles. The van der Waals surface area contributed by atoms with E-state index in [1.807, 2.05) is 13.0 Å². The van der Waals surface area contributed by atoms with E-state index in [0.717, 1.165) is 3.57 Å². The lowest BCUT2D eigenvalue weighted by atomic mass is 10.1. The van der Waals surface area contributed by atoms with Gasteiger partial charge >= 0.3 is 0 Å². The van der Waals surface area contributed by atoms with Crippen molar-refractivity contribution in [1.82, 2.24) is 0 Å². The molecule has 0 bridgehead atoms. The van der Waals surface area contributed by atoms with Crippen molar-refractivity contribution in [3.05, 3.63) is 57.2 Å². The highest BCUT2D eigenvalue weighted by Gasteiger charge is 2.37. The van der Waals surface area contributed by atoms with Crippen LogP contribution >= 0.6 is 22.6 Å². The first-order valence-electron chi connectivity index (χ1n) is 6.53. The van der Waals surface area contributed by atoms with Gasteiger partial charge in [-0.15, -0.1) is 0 Å². The zero-order valence-electron chi connectivity index (χ0n) is 11.3. The second-order valence-electron chi connectivity index (χ2n) is 4.54. The Hall–Kier alpha value is -1.89. The summed E-state index contributed by atoms with van der Waals surface area (Å²) in [4.78, 5) is 26.2. The van der Waals surface area contributed by atoms with Crippen molar-refractivity contribution in [2.24, 2.45) is 0 Å². The molecule has 0 radical (unpaired) electrons. The molecule has 0 unspecified atom stereocenters. The Kier molecular flexibility index (Phi) is 3.67. The van der Waals surface area contributed by atoms with Gasteiger partial charge in [-0.25, -0.2) is 4.90 Å². The van der Waals surface area contributed by atoms with Gasteiger partial charge in [0.05, 0.1) is 23.4 Å².